The average molecular weight is 283 g/mol. The molecule has 2 saturated carbocycles. The number of hydrogen-bond acceptors (Lipinski definition) is 2. The van der Waals surface area contributed by atoms with E-state index in [1.54, 1.807) is 12.2 Å². The summed E-state index contributed by atoms with van der Waals surface area (Å²) in [6, 6.07) is 0. The van der Waals surface area contributed by atoms with Crippen molar-refractivity contribution in [3.05, 3.63) is 23.8 Å². The highest BCUT2D eigenvalue weighted by Crippen LogP contribution is 2.61. The second-order valence-electron chi connectivity index (χ2n) is 5.63. The third-order valence-electron chi connectivity index (χ3n) is 4.43. The Morgan fingerprint density at radius 1 is 1.56 bits per heavy atom. The minimum atomic E-state index is -0.591. The van der Waals surface area contributed by atoms with E-state index in [2.05, 4.69) is 15.9 Å². The first-order chi connectivity index (χ1) is 7.43. The molecule has 0 aliphatic heterocycles. The Morgan fingerprint density at radius 3 is 3.06 bits per heavy atom. The van der Waals surface area contributed by atoms with E-state index in [4.69, 9.17) is 0 Å². The van der Waals surface area contributed by atoms with Gasteiger partial charge in [0.1, 0.15) is 0 Å². The van der Waals surface area contributed by atoms with Crippen LogP contribution in [0.4, 0.5) is 0 Å². The summed E-state index contributed by atoms with van der Waals surface area (Å²) in [5, 5.41) is 10.4. The van der Waals surface area contributed by atoms with Crippen LogP contribution >= 0.6 is 15.9 Å². The molecule has 4 atom stereocenters. The first kappa shape index (κ1) is 10.7. The maximum absolute atomic E-state index is 11.5. The minimum Gasteiger partial charge on any atom is -0.390 e. The number of aliphatic hydroxyl groups is 1. The van der Waals surface area contributed by atoms with Crippen LogP contribution in [0.25, 0.3) is 0 Å². The maximum atomic E-state index is 11.5. The van der Waals surface area contributed by atoms with Gasteiger partial charge in [0.15, 0.2) is 5.78 Å². The first-order valence-electron chi connectivity index (χ1n) is 5.75. The monoisotopic (exact) mass is 282 g/mol. The van der Waals surface area contributed by atoms with Crippen molar-refractivity contribution in [2.75, 3.05) is 0 Å². The second kappa shape index (κ2) is 3.08. The predicted octanol–water partition coefficient (Wildman–Crippen LogP) is 2.37. The summed E-state index contributed by atoms with van der Waals surface area (Å²) in [6.07, 6.45) is 8.11. The maximum Gasteiger partial charge on any atom is 0.178 e. The summed E-state index contributed by atoms with van der Waals surface area (Å²) in [7, 11) is 0. The Morgan fingerprint density at radius 2 is 2.31 bits per heavy atom. The topological polar surface area (TPSA) is 37.3 Å². The van der Waals surface area contributed by atoms with Crippen molar-refractivity contribution in [3.8, 4) is 0 Å². The predicted molar refractivity (Wildman–Crippen MR) is 65.3 cm³/mol. The van der Waals surface area contributed by atoms with Gasteiger partial charge >= 0.3 is 0 Å². The number of fused-ring (bicyclic) bond motifs is 1. The van der Waals surface area contributed by atoms with Crippen LogP contribution in [-0.2, 0) is 4.79 Å². The van der Waals surface area contributed by atoms with E-state index in [0.29, 0.717) is 5.92 Å². The highest BCUT2D eigenvalue weighted by Gasteiger charge is 2.57. The lowest BCUT2D eigenvalue weighted by Gasteiger charge is -2.37. The van der Waals surface area contributed by atoms with Crippen LogP contribution in [0.15, 0.2) is 23.8 Å². The van der Waals surface area contributed by atoms with E-state index in [-0.39, 0.29) is 16.0 Å². The van der Waals surface area contributed by atoms with Crippen LogP contribution in [0.5, 0.6) is 0 Å². The SMILES string of the molecule is C[C@]1(O)C[C@@]23C=CC(=O)C=C2C(Br)CC1C3. The Hall–Kier alpha value is -0.410. The molecular formula is C13H15BrO2. The molecular weight excluding hydrogens is 268 g/mol. The number of hydrogen-bond donors (Lipinski definition) is 1. The molecule has 16 heavy (non-hydrogen) atoms. The molecule has 3 aliphatic carbocycles. The number of ketones is 1. The second-order valence-corrected chi connectivity index (χ2v) is 6.74. The molecule has 2 fully saturated rings. The normalized spacial score (nSPS) is 50.2. The lowest BCUT2D eigenvalue weighted by molar-refractivity contribution is -0.110. The lowest BCUT2D eigenvalue weighted by Crippen LogP contribution is -2.32. The van der Waals surface area contributed by atoms with Gasteiger partial charge in [-0.05, 0) is 49.8 Å². The fourth-order valence-corrected chi connectivity index (χ4v) is 4.70. The van der Waals surface area contributed by atoms with Crippen molar-refractivity contribution in [3.63, 3.8) is 0 Å². The molecule has 0 saturated heterocycles. The summed E-state index contributed by atoms with van der Waals surface area (Å²) in [4.78, 5) is 11.7. The standard InChI is InChI=1S/C13H15BrO2/c1-12(16)7-13-3-2-9(15)5-10(13)11(14)4-8(12)6-13/h2-3,5,8,11,16H,4,6-7H2,1H3/t8?,11?,12-,13-/m0/s1. The largest absolute Gasteiger partial charge is 0.390 e. The Kier molecular flexibility index (Phi) is 2.06. The lowest BCUT2D eigenvalue weighted by atomic mass is 9.69. The third kappa shape index (κ3) is 1.31. The highest BCUT2D eigenvalue weighted by molar-refractivity contribution is 9.09. The van der Waals surface area contributed by atoms with Gasteiger partial charge in [-0.3, -0.25) is 4.79 Å². The number of allylic oxidation sites excluding steroid dienone is 4. The van der Waals surface area contributed by atoms with Crippen LogP contribution in [-0.4, -0.2) is 21.3 Å². The van der Waals surface area contributed by atoms with Crippen LogP contribution in [0, 0.1) is 11.3 Å². The van der Waals surface area contributed by atoms with Gasteiger partial charge in [0.05, 0.1) is 5.60 Å². The van der Waals surface area contributed by atoms with Crippen molar-refractivity contribution < 1.29 is 9.90 Å². The van der Waals surface area contributed by atoms with Crippen molar-refractivity contribution >= 4 is 21.7 Å². The molecule has 0 heterocycles. The molecule has 0 amide bonds. The number of halogens is 1. The highest BCUT2D eigenvalue weighted by atomic mass is 79.9. The number of carbonyl (C=O) groups excluding carboxylic acids is 1. The summed E-state index contributed by atoms with van der Waals surface area (Å²) in [5.41, 5.74) is 0.523. The molecule has 3 heteroatoms. The van der Waals surface area contributed by atoms with Crippen LogP contribution in [0.1, 0.15) is 26.2 Å². The molecule has 2 bridgehead atoms. The summed E-state index contributed by atoms with van der Waals surface area (Å²) < 4.78 is 0. The first-order valence-corrected chi connectivity index (χ1v) is 6.66. The van der Waals surface area contributed by atoms with Gasteiger partial charge in [-0.2, -0.15) is 0 Å². The van der Waals surface area contributed by atoms with E-state index < -0.39 is 5.60 Å². The third-order valence-corrected chi connectivity index (χ3v) is 5.30. The van der Waals surface area contributed by atoms with E-state index in [9.17, 15) is 9.90 Å². The fraction of sp³-hybridized carbons (Fsp3) is 0.615. The number of alkyl halides is 1. The Bertz CT molecular complexity index is 422. The molecule has 0 aromatic carbocycles. The van der Waals surface area contributed by atoms with Crippen molar-refractivity contribution in [2.45, 2.75) is 36.6 Å². The van der Waals surface area contributed by atoms with Gasteiger partial charge in [-0.1, -0.05) is 22.0 Å². The summed E-state index contributed by atoms with van der Waals surface area (Å²) in [6.45, 7) is 1.93. The van der Waals surface area contributed by atoms with Gasteiger partial charge in [0.2, 0.25) is 0 Å². The van der Waals surface area contributed by atoms with Crippen molar-refractivity contribution in [2.24, 2.45) is 11.3 Å². The van der Waals surface area contributed by atoms with Crippen LogP contribution in [0.2, 0.25) is 0 Å². The smallest absolute Gasteiger partial charge is 0.178 e. The van der Waals surface area contributed by atoms with Gasteiger partial charge in [0.25, 0.3) is 0 Å². The number of carbonyl (C=O) groups is 1. The minimum absolute atomic E-state index is 0.0610. The van der Waals surface area contributed by atoms with E-state index in [0.717, 1.165) is 19.3 Å². The molecule has 3 rings (SSSR count). The molecule has 1 spiro atoms. The van der Waals surface area contributed by atoms with Crippen LogP contribution in [0.3, 0.4) is 0 Å². The van der Waals surface area contributed by atoms with Gasteiger partial charge in [-0.25, -0.2) is 0 Å². The van der Waals surface area contributed by atoms with E-state index in [1.165, 1.54) is 5.57 Å². The zero-order valence-electron chi connectivity index (χ0n) is 9.24. The summed E-state index contributed by atoms with van der Waals surface area (Å²) in [5.74, 6) is 0.418. The fourth-order valence-electron chi connectivity index (χ4n) is 3.66. The van der Waals surface area contributed by atoms with Gasteiger partial charge in [0, 0.05) is 10.2 Å². The van der Waals surface area contributed by atoms with Crippen LogP contribution < -0.4 is 0 Å². The molecule has 3 aliphatic rings. The van der Waals surface area contributed by atoms with E-state index >= 15 is 0 Å². The average Bonchev–Trinajstić information content (AvgIpc) is 2.39. The quantitative estimate of drug-likeness (QED) is 0.693. The number of rotatable bonds is 0. The molecule has 2 nitrogen and oxygen atoms in total. The summed E-state index contributed by atoms with van der Waals surface area (Å²) >= 11 is 3.66. The molecule has 2 unspecified atom stereocenters. The Balaban J connectivity index is 2.10. The zero-order valence-corrected chi connectivity index (χ0v) is 10.8. The van der Waals surface area contributed by atoms with Gasteiger partial charge in [-0.15, -0.1) is 0 Å². The molecule has 1 N–H and O–H groups in total. The zero-order chi connectivity index (χ0) is 11.6. The van der Waals surface area contributed by atoms with Gasteiger partial charge < -0.3 is 5.11 Å². The molecule has 86 valence electrons. The molecule has 0 aromatic rings. The van der Waals surface area contributed by atoms with Crippen molar-refractivity contribution in [1.82, 2.24) is 0 Å². The molecule has 0 radical (unpaired) electrons. The Labute approximate surface area is 104 Å². The molecule has 0 aromatic heterocycles. The van der Waals surface area contributed by atoms with E-state index in [1.807, 2.05) is 13.0 Å². The van der Waals surface area contributed by atoms with Crippen molar-refractivity contribution in [1.29, 1.82) is 0 Å².